The largest absolute Gasteiger partial charge is 0.307 e. The number of rotatable bonds is 2. The molecule has 1 atom stereocenters. The van der Waals surface area contributed by atoms with Gasteiger partial charge in [-0.15, -0.1) is 0 Å². The van der Waals surface area contributed by atoms with E-state index in [1.807, 2.05) is 30.3 Å². The lowest BCUT2D eigenvalue weighted by molar-refractivity contribution is 0.0942. The minimum atomic E-state index is -0.00620. The van der Waals surface area contributed by atoms with Gasteiger partial charge in [-0.25, -0.2) is 0 Å². The summed E-state index contributed by atoms with van der Waals surface area (Å²) in [4.78, 5) is 12.7. The molecule has 19 heavy (non-hydrogen) atoms. The maximum Gasteiger partial charge on any atom is 0.180 e. The van der Waals surface area contributed by atoms with Gasteiger partial charge in [-0.05, 0) is 30.2 Å². The summed E-state index contributed by atoms with van der Waals surface area (Å²) < 4.78 is 0. The van der Waals surface area contributed by atoms with Crippen molar-refractivity contribution in [1.82, 2.24) is 5.32 Å². The molecule has 0 bridgehead atoms. The topological polar surface area (TPSA) is 29.1 Å². The number of carbonyl (C=O) groups is 1. The molecule has 0 saturated carbocycles. The Kier molecular flexibility index (Phi) is 3.60. The molecule has 0 amide bonds. The van der Waals surface area contributed by atoms with Gasteiger partial charge in [-0.1, -0.05) is 55.3 Å². The molecular weight excluding hydrogens is 234 g/mol. The van der Waals surface area contributed by atoms with Crippen molar-refractivity contribution in [3.05, 3.63) is 48.0 Å². The van der Waals surface area contributed by atoms with E-state index in [4.69, 9.17) is 0 Å². The summed E-state index contributed by atoms with van der Waals surface area (Å²) in [6, 6.07) is 14.1. The van der Waals surface area contributed by atoms with Gasteiger partial charge in [-0.3, -0.25) is 4.79 Å². The van der Waals surface area contributed by atoms with Crippen molar-refractivity contribution in [3.8, 4) is 0 Å². The van der Waals surface area contributed by atoms with Gasteiger partial charge in [0, 0.05) is 5.56 Å². The molecule has 1 saturated heterocycles. The second-order valence-electron chi connectivity index (χ2n) is 5.25. The summed E-state index contributed by atoms with van der Waals surface area (Å²) in [5, 5.41) is 5.61. The predicted octanol–water partition coefficient (Wildman–Crippen LogP) is 3.55. The van der Waals surface area contributed by atoms with Gasteiger partial charge in [0.05, 0.1) is 6.04 Å². The summed E-state index contributed by atoms with van der Waals surface area (Å²) >= 11 is 0. The summed E-state index contributed by atoms with van der Waals surface area (Å²) in [5.74, 6) is 0.249. The summed E-state index contributed by atoms with van der Waals surface area (Å²) in [5.41, 5.74) is 0.859. The van der Waals surface area contributed by atoms with E-state index >= 15 is 0 Å². The Balaban J connectivity index is 1.96. The fourth-order valence-corrected chi connectivity index (χ4v) is 2.88. The molecule has 1 heterocycles. The SMILES string of the molecule is O=C(c1cccc2ccccc12)C1CCCCCN1. The third-order valence-electron chi connectivity index (χ3n) is 3.93. The van der Waals surface area contributed by atoms with Crippen LogP contribution in [-0.4, -0.2) is 18.4 Å². The number of hydrogen-bond acceptors (Lipinski definition) is 2. The number of nitrogens with one attached hydrogen (secondary N) is 1. The van der Waals surface area contributed by atoms with E-state index < -0.39 is 0 Å². The Morgan fingerprint density at radius 1 is 1.00 bits per heavy atom. The normalized spacial score (nSPS) is 20.1. The Labute approximate surface area is 113 Å². The van der Waals surface area contributed by atoms with Gasteiger partial charge < -0.3 is 5.32 Å². The van der Waals surface area contributed by atoms with Crippen LogP contribution in [0.15, 0.2) is 42.5 Å². The van der Waals surface area contributed by atoms with Crippen LogP contribution < -0.4 is 5.32 Å². The second-order valence-corrected chi connectivity index (χ2v) is 5.25. The molecule has 1 N–H and O–H groups in total. The highest BCUT2D eigenvalue weighted by atomic mass is 16.1. The van der Waals surface area contributed by atoms with Gasteiger partial charge in [-0.2, -0.15) is 0 Å². The van der Waals surface area contributed by atoms with Crippen LogP contribution in [0.2, 0.25) is 0 Å². The molecule has 2 aromatic carbocycles. The smallest absolute Gasteiger partial charge is 0.180 e. The van der Waals surface area contributed by atoms with Crippen LogP contribution in [0.1, 0.15) is 36.0 Å². The summed E-state index contributed by atoms with van der Waals surface area (Å²) in [6.45, 7) is 0.959. The molecule has 0 radical (unpaired) electrons. The van der Waals surface area contributed by atoms with Crippen molar-refractivity contribution in [2.75, 3.05) is 6.54 Å². The predicted molar refractivity (Wildman–Crippen MR) is 78.5 cm³/mol. The second kappa shape index (κ2) is 5.54. The fourth-order valence-electron chi connectivity index (χ4n) is 2.88. The minimum Gasteiger partial charge on any atom is -0.307 e. The molecule has 98 valence electrons. The molecule has 1 unspecified atom stereocenters. The number of carbonyl (C=O) groups excluding carboxylic acids is 1. The van der Waals surface area contributed by atoms with Crippen LogP contribution >= 0.6 is 0 Å². The monoisotopic (exact) mass is 253 g/mol. The van der Waals surface area contributed by atoms with Crippen molar-refractivity contribution in [1.29, 1.82) is 0 Å². The lowest BCUT2D eigenvalue weighted by Gasteiger charge is -2.15. The molecule has 0 aromatic heterocycles. The van der Waals surface area contributed by atoms with E-state index in [0.717, 1.165) is 35.7 Å². The quantitative estimate of drug-likeness (QED) is 0.829. The number of fused-ring (bicyclic) bond motifs is 1. The minimum absolute atomic E-state index is 0.00620. The molecule has 1 fully saturated rings. The maximum absolute atomic E-state index is 12.7. The van der Waals surface area contributed by atoms with Crippen molar-refractivity contribution in [2.24, 2.45) is 0 Å². The summed E-state index contributed by atoms with van der Waals surface area (Å²) in [6.07, 6.45) is 4.52. The number of hydrogen-bond donors (Lipinski definition) is 1. The van der Waals surface area contributed by atoms with Crippen LogP contribution in [0.3, 0.4) is 0 Å². The fraction of sp³-hybridized carbons (Fsp3) is 0.353. The van der Waals surface area contributed by atoms with Crippen LogP contribution in [0.4, 0.5) is 0 Å². The lowest BCUT2D eigenvalue weighted by atomic mass is 9.95. The number of Topliss-reactive ketones (excluding diaryl/α,β-unsaturated/α-hetero) is 1. The van der Waals surface area contributed by atoms with Gasteiger partial charge >= 0.3 is 0 Å². The van der Waals surface area contributed by atoms with E-state index in [0.29, 0.717) is 0 Å². The molecule has 0 aliphatic carbocycles. The molecule has 2 nitrogen and oxygen atoms in total. The lowest BCUT2D eigenvalue weighted by Crippen LogP contribution is -2.36. The average Bonchev–Trinajstić information content (AvgIpc) is 2.75. The zero-order valence-electron chi connectivity index (χ0n) is 11.1. The number of ketones is 1. The third kappa shape index (κ3) is 2.54. The van der Waals surface area contributed by atoms with E-state index in [9.17, 15) is 4.79 Å². The Morgan fingerprint density at radius 3 is 2.79 bits per heavy atom. The first-order valence-corrected chi connectivity index (χ1v) is 7.11. The van der Waals surface area contributed by atoms with Gasteiger partial charge in [0.1, 0.15) is 0 Å². The van der Waals surface area contributed by atoms with E-state index in [1.54, 1.807) is 0 Å². The zero-order valence-corrected chi connectivity index (χ0v) is 11.1. The molecule has 1 aliphatic heterocycles. The highest BCUT2D eigenvalue weighted by Gasteiger charge is 2.22. The van der Waals surface area contributed by atoms with Crippen molar-refractivity contribution in [2.45, 2.75) is 31.7 Å². The van der Waals surface area contributed by atoms with Gasteiger partial charge in [0.2, 0.25) is 0 Å². The average molecular weight is 253 g/mol. The van der Waals surface area contributed by atoms with Crippen LogP contribution in [0.5, 0.6) is 0 Å². The zero-order chi connectivity index (χ0) is 13.1. The Hall–Kier alpha value is -1.67. The number of benzene rings is 2. The first-order chi connectivity index (χ1) is 9.36. The van der Waals surface area contributed by atoms with Crippen LogP contribution in [0.25, 0.3) is 10.8 Å². The first kappa shape index (κ1) is 12.4. The van der Waals surface area contributed by atoms with Gasteiger partial charge in [0.15, 0.2) is 5.78 Å². The molecule has 3 rings (SSSR count). The highest BCUT2D eigenvalue weighted by Crippen LogP contribution is 2.21. The Morgan fingerprint density at radius 2 is 1.84 bits per heavy atom. The van der Waals surface area contributed by atoms with E-state index in [-0.39, 0.29) is 11.8 Å². The third-order valence-corrected chi connectivity index (χ3v) is 3.93. The van der Waals surface area contributed by atoms with Gasteiger partial charge in [0.25, 0.3) is 0 Å². The van der Waals surface area contributed by atoms with Crippen molar-refractivity contribution < 1.29 is 4.79 Å². The highest BCUT2D eigenvalue weighted by molar-refractivity contribution is 6.10. The molecule has 2 heteroatoms. The maximum atomic E-state index is 12.7. The van der Waals surface area contributed by atoms with Crippen molar-refractivity contribution in [3.63, 3.8) is 0 Å². The van der Waals surface area contributed by atoms with E-state index in [1.165, 1.54) is 12.8 Å². The summed E-state index contributed by atoms with van der Waals surface area (Å²) in [7, 11) is 0. The van der Waals surface area contributed by atoms with Crippen LogP contribution in [-0.2, 0) is 0 Å². The van der Waals surface area contributed by atoms with E-state index in [2.05, 4.69) is 17.4 Å². The van der Waals surface area contributed by atoms with Crippen LogP contribution in [0, 0.1) is 0 Å². The molecule has 0 spiro atoms. The van der Waals surface area contributed by atoms with Crippen molar-refractivity contribution >= 4 is 16.6 Å². The standard InChI is InChI=1S/C17H19NO/c19-17(16-11-2-1-5-12-18-16)15-10-6-8-13-7-3-4-9-14(13)15/h3-4,6-10,16,18H,1-2,5,11-12H2. The first-order valence-electron chi connectivity index (χ1n) is 7.11. The molecule has 2 aromatic rings. The molecular formula is C17H19NO. The Bertz CT molecular complexity index is 577. The molecule has 1 aliphatic rings.